The number of hydrogen-bond donors (Lipinski definition) is 7. The average Bonchev–Trinajstić information content (AvgIpc) is 3.18. The number of unbranched alkanes of at least 4 members (excludes halogenated alkanes) is 29. The highest BCUT2D eigenvalue weighted by Crippen LogP contribution is 2.22. The number of carbonyl (C=O) groups excluding carboxylic acids is 2. The molecule has 0 fully saturated rings. The molecule has 0 saturated carbocycles. The highest BCUT2D eigenvalue weighted by Gasteiger charge is 2.47. The van der Waals surface area contributed by atoms with E-state index >= 15 is 0 Å². The fourth-order valence-electron chi connectivity index (χ4n) is 6.64. The van der Waals surface area contributed by atoms with Crippen LogP contribution >= 0.6 is 0 Å². The molecule has 0 saturated heterocycles. The summed E-state index contributed by atoms with van der Waals surface area (Å²) in [4.78, 5) is 55.1. The molecular weight excluding hydrogens is 736 g/mol. The monoisotopic (exact) mass is 819 g/mol. The van der Waals surface area contributed by atoms with Crippen molar-refractivity contribution >= 4 is 29.8 Å². The molecule has 0 rings (SSSR count). The number of carboxylic acids is 3. The second kappa shape index (κ2) is 38.9. The molecule has 336 valence electrons. The van der Waals surface area contributed by atoms with E-state index in [1.54, 1.807) is 0 Å². The fraction of sp³-hybridized carbons (Fsp3) is 0.886. The number of aliphatic carboxylic acids is 3. The highest BCUT2D eigenvalue weighted by atomic mass is 16.6. The summed E-state index contributed by atoms with van der Waals surface area (Å²) in [6.45, 7) is 4.48. The van der Waals surface area contributed by atoms with Gasteiger partial charge in [0.2, 0.25) is 0 Å². The van der Waals surface area contributed by atoms with Crippen LogP contribution in [0.15, 0.2) is 0 Å². The van der Waals surface area contributed by atoms with Crippen LogP contribution < -0.4 is 0 Å². The summed E-state index contributed by atoms with van der Waals surface area (Å²) in [5.41, 5.74) is -2.61. The Morgan fingerprint density at radius 1 is 0.439 bits per heavy atom. The van der Waals surface area contributed by atoms with Crippen LogP contribution in [-0.2, 0) is 28.7 Å². The van der Waals surface area contributed by atoms with Gasteiger partial charge in [0.15, 0.2) is 23.9 Å². The van der Waals surface area contributed by atoms with E-state index in [0.717, 1.165) is 44.9 Å². The number of carbonyl (C=O) groups is 5. The minimum atomic E-state index is -2.61. The van der Waals surface area contributed by atoms with Crippen molar-refractivity contribution in [1.82, 2.24) is 0 Å². The Balaban J connectivity index is 0. The van der Waals surface area contributed by atoms with E-state index < -0.39 is 53.8 Å². The molecule has 0 amide bonds. The Labute approximate surface area is 343 Å². The van der Waals surface area contributed by atoms with Crippen molar-refractivity contribution < 1.29 is 64.5 Å². The van der Waals surface area contributed by atoms with Gasteiger partial charge in [0.05, 0.1) is 0 Å². The quantitative estimate of drug-likeness (QED) is 0.0174. The number of aliphatic hydroxyl groups is 4. The third-order valence-corrected chi connectivity index (χ3v) is 10.5. The third kappa shape index (κ3) is 33.0. The zero-order valence-electron chi connectivity index (χ0n) is 35.6. The zero-order chi connectivity index (χ0) is 43.2. The average molecular weight is 819 g/mol. The molecule has 0 aliphatic carbocycles. The van der Waals surface area contributed by atoms with Gasteiger partial charge in [-0.1, -0.05) is 200 Å². The molecule has 0 bridgehead atoms. The summed E-state index contributed by atoms with van der Waals surface area (Å²) >= 11 is 0. The molecule has 0 aliphatic heterocycles. The van der Waals surface area contributed by atoms with Gasteiger partial charge in [-0.3, -0.25) is 4.79 Å². The van der Waals surface area contributed by atoms with Crippen molar-refractivity contribution in [3.8, 4) is 0 Å². The largest absolute Gasteiger partial charge is 0.479 e. The number of rotatable bonds is 39. The van der Waals surface area contributed by atoms with E-state index in [4.69, 9.17) is 20.4 Å². The van der Waals surface area contributed by atoms with E-state index in [2.05, 4.69) is 18.6 Å². The summed E-state index contributed by atoms with van der Waals surface area (Å²) in [5, 5.41) is 63.8. The molecule has 4 unspecified atom stereocenters. The van der Waals surface area contributed by atoms with E-state index in [0.29, 0.717) is 12.8 Å². The van der Waals surface area contributed by atoms with Crippen LogP contribution in [0.1, 0.15) is 226 Å². The van der Waals surface area contributed by atoms with Gasteiger partial charge in [-0.25, -0.2) is 19.2 Å². The van der Waals surface area contributed by atoms with Gasteiger partial charge in [0, 0.05) is 6.42 Å². The molecule has 0 aromatic rings. The van der Waals surface area contributed by atoms with Crippen molar-refractivity contribution in [3.05, 3.63) is 0 Å². The second-order valence-corrected chi connectivity index (χ2v) is 15.7. The van der Waals surface area contributed by atoms with Gasteiger partial charge in [0.1, 0.15) is 0 Å². The normalized spacial score (nSPS) is 13.8. The van der Waals surface area contributed by atoms with Crippen molar-refractivity contribution in [2.24, 2.45) is 0 Å². The molecule has 0 spiro atoms. The van der Waals surface area contributed by atoms with Gasteiger partial charge in [-0.05, 0) is 19.3 Å². The van der Waals surface area contributed by atoms with Gasteiger partial charge in [-0.2, -0.15) is 0 Å². The third-order valence-electron chi connectivity index (χ3n) is 10.5. The topological polar surface area (TPSA) is 236 Å². The summed E-state index contributed by atoms with van der Waals surface area (Å²) in [6.07, 6.45) is 29.8. The lowest BCUT2D eigenvalue weighted by Crippen LogP contribution is -2.53. The maximum Gasteiger partial charge on any atom is 0.346 e. The van der Waals surface area contributed by atoms with Crippen molar-refractivity contribution in [2.45, 2.75) is 250 Å². The molecule has 13 nitrogen and oxygen atoms in total. The van der Waals surface area contributed by atoms with Crippen LogP contribution in [-0.4, -0.2) is 89.5 Å². The molecule has 0 aliphatic rings. The van der Waals surface area contributed by atoms with E-state index in [-0.39, 0.29) is 12.8 Å². The minimum absolute atomic E-state index is 0.0277. The lowest BCUT2D eigenvalue weighted by Gasteiger charge is -2.25. The van der Waals surface area contributed by atoms with Crippen LogP contribution in [0, 0.1) is 0 Å². The number of ether oxygens (including phenoxy) is 1. The first-order valence-electron chi connectivity index (χ1n) is 22.5. The first-order chi connectivity index (χ1) is 27.3. The lowest BCUT2D eigenvalue weighted by atomic mass is 9.90. The number of carboxylic acid groups (broad SMARTS) is 3. The first-order valence-corrected chi connectivity index (χ1v) is 22.5. The van der Waals surface area contributed by atoms with Crippen LogP contribution in [0.4, 0.5) is 0 Å². The molecule has 0 radical (unpaired) electrons. The van der Waals surface area contributed by atoms with Crippen LogP contribution in [0.5, 0.6) is 0 Å². The standard InChI is InChI=1S/C22H40O7.C22H42O6/c1-2-3-4-5-6-7-8-9-10-11-12-13-14-15-16-17-18(23)29-22(28)20(25)19(24)21(26)27;1-2-3-4-5-6-7-8-9-10-11-12-13-14-15-16-17-18-22(28,21(26)27)19(23)20(24)25/h19-20,24-25H,2-17H2,1H3,(H,26,27);19,23,28H,2-18H2,1H3,(H,24,25)(H,26,27). The molecule has 0 aromatic carbocycles. The summed E-state index contributed by atoms with van der Waals surface area (Å²) < 4.78 is 4.35. The van der Waals surface area contributed by atoms with Gasteiger partial charge >= 0.3 is 29.8 Å². The lowest BCUT2D eigenvalue weighted by molar-refractivity contribution is -0.184. The maximum atomic E-state index is 11.5. The highest BCUT2D eigenvalue weighted by molar-refractivity contribution is 5.91. The molecule has 13 heteroatoms. The van der Waals surface area contributed by atoms with Crippen LogP contribution in [0.3, 0.4) is 0 Å². The van der Waals surface area contributed by atoms with Gasteiger partial charge in [-0.15, -0.1) is 0 Å². The molecule has 0 heterocycles. The number of esters is 2. The van der Waals surface area contributed by atoms with Crippen molar-refractivity contribution in [2.75, 3.05) is 0 Å². The zero-order valence-corrected chi connectivity index (χ0v) is 35.6. The van der Waals surface area contributed by atoms with Gasteiger partial charge in [0.25, 0.3) is 0 Å². The molecule has 7 N–H and O–H groups in total. The Morgan fingerprint density at radius 3 is 1.02 bits per heavy atom. The van der Waals surface area contributed by atoms with E-state index in [1.165, 1.54) is 141 Å². The summed E-state index contributed by atoms with van der Waals surface area (Å²) in [5.74, 6) is -7.43. The SMILES string of the molecule is CCCCCCCCCCCCCCCCCC(=O)OC(=O)C(O)C(O)C(=O)O.CCCCCCCCCCCCCCCCCCC(O)(C(=O)O)C(O)C(=O)O. The molecule has 57 heavy (non-hydrogen) atoms. The molecule has 0 aromatic heterocycles. The predicted octanol–water partition coefficient (Wildman–Crippen LogP) is 9.02. The van der Waals surface area contributed by atoms with E-state index in [9.17, 15) is 39.3 Å². The predicted molar refractivity (Wildman–Crippen MR) is 221 cm³/mol. The second-order valence-electron chi connectivity index (χ2n) is 15.7. The Morgan fingerprint density at radius 2 is 0.737 bits per heavy atom. The fourth-order valence-corrected chi connectivity index (χ4v) is 6.64. The summed E-state index contributed by atoms with van der Waals surface area (Å²) in [7, 11) is 0. The van der Waals surface area contributed by atoms with Crippen molar-refractivity contribution in [1.29, 1.82) is 0 Å². The summed E-state index contributed by atoms with van der Waals surface area (Å²) in [6, 6.07) is 0. The number of aliphatic hydroxyl groups excluding tert-OH is 3. The maximum absolute atomic E-state index is 11.5. The van der Waals surface area contributed by atoms with Crippen molar-refractivity contribution in [3.63, 3.8) is 0 Å². The Kier molecular flexibility index (Phi) is 38.5. The Hall–Kier alpha value is -2.61. The first kappa shape index (κ1) is 56.5. The van der Waals surface area contributed by atoms with Crippen LogP contribution in [0.2, 0.25) is 0 Å². The van der Waals surface area contributed by atoms with E-state index in [1.807, 2.05) is 0 Å². The molecular formula is C44H82O13. The van der Waals surface area contributed by atoms with Crippen LogP contribution in [0.25, 0.3) is 0 Å². The molecule has 4 atom stereocenters. The minimum Gasteiger partial charge on any atom is -0.479 e. The van der Waals surface area contributed by atoms with Gasteiger partial charge < -0.3 is 40.5 Å². The smallest absolute Gasteiger partial charge is 0.346 e. The Bertz CT molecular complexity index is 1020. The number of hydrogen-bond acceptors (Lipinski definition) is 10.